The van der Waals surface area contributed by atoms with Crippen molar-refractivity contribution in [2.45, 2.75) is 124 Å². The van der Waals surface area contributed by atoms with Crippen LogP contribution in [0.25, 0.3) is 27.8 Å². The maximum absolute atomic E-state index is 13.8. The number of aromatic nitrogens is 13. The Morgan fingerprint density at radius 1 is 0.413 bits per heavy atom. The van der Waals surface area contributed by atoms with Gasteiger partial charge in [-0.25, -0.2) is 39.7 Å². The molecule has 0 aliphatic carbocycles. The normalized spacial score (nSPS) is 13.5. The summed E-state index contributed by atoms with van der Waals surface area (Å²) in [6.45, 7) is 28.2. The topological polar surface area (TPSA) is 259 Å². The molecular weight excluding hydrogens is 1940 g/mol. The van der Waals surface area contributed by atoms with Crippen molar-refractivity contribution in [1.29, 1.82) is 0 Å². The molecule has 150 heavy (non-hydrogen) atoms. The van der Waals surface area contributed by atoms with E-state index in [0.29, 0.717) is 97.4 Å². The number of alkyl halides is 6. The van der Waals surface area contributed by atoms with E-state index >= 15 is 0 Å². The molecule has 0 bridgehead atoms. The minimum Gasteiger partial charge on any atom is -0.333 e. The van der Waals surface area contributed by atoms with Gasteiger partial charge in [-0.15, -0.1) is 0 Å². The van der Waals surface area contributed by atoms with Gasteiger partial charge in [0, 0.05) is 239 Å². The van der Waals surface area contributed by atoms with E-state index < -0.39 is 31.6 Å². The number of hydrogen-bond acceptors (Lipinski definition) is 19. The largest absolute Gasteiger partial charge is 0.416 e. The molecule has 23 nitrogen and oxygen atoms in total. The molecule has 0 spiro atoms. The maximum Gasteiger partial charge on any atom is 0.416 e. The van der Waals surface area contributed by atoms with E-state index in [0.717, 1.165) is 193 Å². The fourth-order valence-electron chi connectivity index (χ4n) is 17.7. The summed E-state index contributed by atoms with van der Waals surface area (Å²) in [5, 5.41) is 3.11. The summed E-state index contributed by atoms with van der Waals surface area (Å²) in [6.07, 6.45) is 17.6. The van der Waals surface area contributed by atoms with Gasteiger partial charge in [0.1, 0.15) is 12.7 Å². The third-order valence-corrected chi connectivity index (χ3v) is 28.7. The number of rotatable bonds is 22. The van der Waals surface area contributed by atoms with Crippen LogP contribution in [0.15, 0.2) is 262 Å². The number of hydrogen-bond donors (Lipinski definition) is 2. The first-order valence-electron chi connectivity index (χ1n) is 49.3. The highest BCUT2D eigenvalue weighted by molar-refractivity contribution is 6.89. The van der Waals surface area contributed by atoms with Gasteiger partial charge in [-0.2, -0.15) is 26.3 Å². The van der Waals surface area contributed by atoms with E-state index in [-0.39, 0.29) is 53.8 Å². The fourth-order valence-corrected chi connectivity index (χ4v) is 19.7. The third-order valence-electron chi connectivity index (χ3n) is 26.3. The lowest BCUT2D eigenvalue weighted by molar-refractivity contribution is -0.138. The van der Waals surface area contributed by atoms with Crippen LogP contribution in [-0.4, -0.2) is 199 Å². The van der Waals surface area contributed by atoms with Gasteiger partial charge < -0.3 is 23.9 Å². The quantitative estimate of drug-likeness (QED) is 0.0276. The first kappa shape index (κ1) is 107. The van der Waals surface area contributed by atoms with Gasteiger partial charge in [-0.3, -0.25) is 48.8 Å². The minimum absolute atomic E-state index is 0.0411. The molecule has 0 atom stereocenters. The molecule has 0 amide bonds. The van der Waals surface area contributed by atoms with Crippen LogP contribution in [0.4, 0.5) is 26.3 Å². The number of likely N-dealkylation sites (N-methyl/N-ethyl adjacent to an activating group) is 2. The number of aryl methyl sites for hydroxylation is 4. The van der Waals surface area contributed by atoms with Crippen LogP contribution < -0.4 is 10.9 Å². The number of fused-ring (bicyclic) bond motifs is 2. The van der Waals surface area contributed by atoms with Crippen LogP contribution in [0.3, 0.4) is 0 Å². The number of H-pyrrole nitrogens is 2. The average Bonchev–Trinajstić information content (AvgIpc) is 1.38. The van der Waals surface area contributed by atoms with Crippen molar-refractivity contribution in [3.05, 3.63) is 418 Å². The Labute approximate surface area is 873 Å². The zero-order valence-corrected chi connectivity index (χ0v) is 86.5. The van der Waals surface area contributed by atoms with Crippen molar-refractivity contribution in [3.63, 3.8) is 0 Å². The zero-order chi connectivity index (χ0) is 106. The zero-order valence-electron chi connectivity index (χ0n) is 84.7. The smallest absolute Gasteiger partial charge is 0.333 e. The molecule has 0 saturated carbocycles. The molecule has 16 aromatic rings. The molecule has 19 rings (SSSR count). The predicted molar refractivity (Wildman–Crippen MR) is 573 cm³/mol. The van der Waals surface area contributed by atoms with Gasteiger partial charge in [-0.05, 0) is 208 Å². The summed E-state index contributed by atoms with van der Waals surface area (Å²) in [4.78, 5) is 119. The standard InChI is InChI=1S/C32H37N5O2Si.C31H29ClN4O.C30H26F3N5O.C26H19F3N4O/c1-22-6-9-26(19-25(22)10-8-24-16-28-31(33-20-24)35-32(39)34-28)29(38)17-23-7-11-27(30(18-23)40(3,4)5)21-37-14-12-36(2)13-15-37;1-22-5-7-25(18-24(22)9-10-27-20-33-19-26-4-3-11-34-31(26)27)30(37)17-23-6-8-28(29(32)16-23)21-36-14-12-35(2)13-15-36;1-21-4-6-25(13-24(21)7-5-22-15-34-19-35-16-22)29(39)12-23-10-26(30(31,32)33)14-28(11-23)38-18-27(36-20-38)17-37-8-2-3-9-37;1-18-2-4-23(12-22(18)5-3-19-13-31-16-32-14-19)25(34)11-20-8-21(15-33-7-6-30-17-33)10-24(9-20)26(27,28)29/h6-7,9,11,16,18-20H,12-15,17,21H2,1-5H3,(H2,33,34,35,39);3-8,11,16,18-20H,12-15,17,21H2,1-2H3;4,6,10-11,13-16,18-20H,2-3,8-9,12,17H2,1H3;2,4,6-10,12-14,16-17H,11,15H2,1H3. The van der Waals surface area contributed by atoms with Crippen molar-refractivity contribution in [2.75, 3.05) is 79.5 Å². The molecule has 3 fully saturated rings. The summed E-state index contributed by atoms with van der Waals surface area (Å²) in [5.74, 6) is 24.2. The minimum atomic E-state index is -4.56. The number of imidazole rings is 3. The summed E-state index contributed by atoms with van der Waals surface area (Å²) < 4.78 is 85.0. The highest BCUT2D eigenvalue weighted by Gasteiger charge is 2.34. The highest BCUT2D eigenvalue weighted by Crippen LogP contribution is 2.35. The van der Waals surface area contributed by atoms with Gasteiger partial charge in [-0.1, -0.05) is 169 Å². The second kappa shape index (κ2) is 48.8. The van der Waals surface area contributed by atoms with Gasteiger partial charge in [0.05, 0.1) is 65.3 Å². The summed E-state index contributed by atoms with van der Waals surface area (Å²) in [5.41, 5.74) is 18.1. The summed E-state index contributed by atoms with van der Waals surface area (Å²) in [6, 6.07) is 47.4. The van der Waals surface area contributed by atoms with Crippen molar-refractivity contribution < 1.29 is 45.5 Å². The number of benzene rings is 8. The van der Waals surface area contributed by atoms with Crippen molar-refractivity contribution in [3.8, 4) is 53.1 Å². The average molecular weight is 2050 g/mol. The van der Waals surface area contributed by atoms with Gasteiger partial charge in [0.25, 0.3) is 0 Å². The van der Waals surface area contributed by atoms with Crippen molar-refractivity contribution >= 4 is 70.1 Å². The monoisotopic (exact) mass is 2050 g/mol. The molecule has 8 aromatic carbocycles. The van der Waals surface area contributed by atoms with Gasteiger partial charge in [0.15, 0.2) is 28.8 Å². The number of carbonyl (C=O) groups excluding carboxylic acids is 4. The molecular formula is C119H111ClF6N18O5Si. The lowest BCUT2D eigenvalue weighted by atomic mass is 9.96. The Balaban J connectivity index is 0.000000143. The first-order valence-corrected chi connectivity index (χ1v) is 53.2. The fraction of sp³-hybridized carbons (Fsp3) is 0.261. The van der Waals surface area contributed by atoms with Crippen LogP contribution in [0, 0.1) is 75.1 Å². The number of pyridine rings is 3. The van der Waals surface area contributed by atoms with Gasteiger partial charge in [0.2, 0.25) is 0 Å². The Morgan fingerprint density at radius 2 is 0.887 bits per heavy atom. The van der Waals surface area contributed by atoms with Crippen molar-refractivity contribution in [2.24, 2.45) is 0 Å². The SMILES string of the molecule is Cc1ccc(C(=O)Cc2cc(-n3cnc(CN4CCCC4)c3)cc(C(F)(F)F)c2)cc1C#Cc1cncnc1.Cc1ccc(C(=O)Cc2cc(Cn3ccnc3)cc(C(F)(F)F)c2)cc1C#Cc1cncnc1.Cc1ccc(C(=O)Cc2ccc(CN3CCN(C)CC3)c(Cl)c2)cc1C#Cc1cncc2cccnc12.Cc1ccc(C(=O)Cc2ccc(CN3CCN(C)CC3)c([Si](C)(C)C)c2)cc1C#Cc1cnc2[nH]c(=O)[nH]c2c1. The predicted octanol–water partition coefficient (Wildman–Crippen LogP) is 19.1. The number of ketones is 4. The second-order valence-corrected chi connectivity index (χ2v) is 44.4. The number of Topliss-reactive ketones (excluding diaryl/α,β-unsaturated/α-hetero) is 4. The number of piperazine rings is 2. The number of halogens is 7. The van der Waals surface area contributed by atoms with E-state index in [1.807, 2.05) is 88.4 Å². The number of carbonyl (C=O) groups is 4. The molecule has 3 aliphatic heterocycles. The molecule has 0 radical (unpaired) electrons. The van der Waals surface area contributed by atoms with Crippen molar-refractivity contribution in [1.82, 2.24) is 88.5 Å². The number of aromatic amines is 2. The maximum atomic E-state index is 13.8. The molecule has 3 saturated heterocycles. The molecule has 0 unspecified atom stereocenters. The lowest BCUT2D eigenvalue weighted by Crippen LogP contribution is -2.46. The molecule has 8 aromatic heterocycles. The highest BCUT2D eigenvalue weighted by atomic mass is 35.5. The molecule has 3 aliphatic rings. The number of likely N-dealkylation sites (tertiary alicyclic amines) is 1. The van der Waals surface area contributed by atoms with E-state index in [2.05, 4.69) is 185 Å². The number of nitrogens with zero attached hydrogens (tertiary/aromatic N) is 16. The van der Waals surface area contributed by atoms with Crippen LogP contribution in [0.1, 0.15) is 177 Å². The van der Waals surface area contributed by atoms with E-state index in [1.54, 1.807) is 132 Å². The van der Waals surface area contributed by atoms with Crippen LogP contribution >= 0.6 is 11.6 Å². The van der Waals surface area contributed by atoms with E-state index in [9.17, 15) is 50.3 Å². The Morgan fingerprint density at radius 3 is 1.40 bits per heavy atom. The first-order chi connectivity index (χ1) is 72.0. The molecule has 2 N–H and O–H groups in total. The third kappa shape index (κ3) is 29.6. The lowest BCUT2D eigenvalue weighted by Gasteiger charge is -2.33. The number of nitrogens with one attached hydrogen (secondary N) is 2. The molecule has 31 heteroatoms. The Hall–Kier alpha value is -15.9. The summed E-state index contributed by atoms with van der Waals surface area (Å²) in [7, 11) is 2.73. The van der Waals surface area contributed by atoms with E-state index in [1.165, 1.54) is 36.1 Å². The van der Waals surface area contributed by atoms with E-state index in [4.69, 9.17) is 11.6 Å². The molecule has 760 valence electrons. The second-order valence-electron chi connectivity index (χ2n) is 39.0. The van der Waals surface area contributed by atoms with Crippen LogP contribution in [-0.2, 0) is 64.2 Å². The van der Waals surface area contributed by atoms with Crippen LogP contribution in [0.5, 0.6) is 0 Å². The summed E-state index contributed by atoms with van der Waals surface area (Å²) >= 11 is 6.62. The Kier molecular flexibility index (Phi) is 34.8. The Bertz CT molecular complexity index is 7970. The van der Waals surface area contributed by atoms with Crippen LogP contribution in [0.2, 0.25) is 24.7 Å². The molecule has 11 heterocycles. The van der Waals surface area contributed by atoms with Gasteiger partial charge >= 0.3 is 18.0 Å².